The molecule has 0 saturated heterocycles. The standard InChI is InChI=1S/C10H8N2O2.ClHO4.Na.2H2O/c1-3-9(13-5-1)7-11-12-8-10-4-2-6-14-10;2-1(3,4)5;;;/h1-8H;(H,2,3,4,5);;2*1H2/q;;+1;;/p-1/b11-7+,12-8+;;;;. The molecule has 0 amide bonds. The van der Waals surface area contributed by atoms with Crippen LogP contribution in [0.4, 0.5) is 0 Å². The quantitative estimate of drug-likeness (QED) is 0.299. The number of halogens is 1. The molecule has 2 rings (SSSR count). The van der Waals surface area contributed by atoms with Gasteiger partial charge < -0.3 is 19.8 Å². The van der Waals surface area contributed by atoms with Crippen molar-refractivity contribution in [1.29, 1.82) is 0 Å². The van der Waals surface area contributed by atoms with Crippen molar-refractivity contribution < 1.29 is 78.2 Å². The normalized spacial score (nSPS) is 10.2. The van der Waals surface area contributed by atoms with Crippen LogP contribution in [0.5, 0.6) is 0 Å². The van der Waals surface area contributed by atoms with E-state index in [1.165, 1.54) is 12.4 Å². The number of rotatable bonds is 3. The summed E-state index contributed by atoms with van der Waals surface area (Å²) in [7, 11) is -4.94. The van der Waals surface area contributed by atoms with Gasteiger partial charge >= 0.3 is 29.6 Å². The molecule has 2 aromatic rings. The molecule has 0 fully saturated rings. The van der Waals surface area contributed by atoms with E-state index in [0.29, 0.717) is 11.5 Å². The third-order valence-electron chi connectivity index (χ3n) is 1.52. The van der Waals surface area contributed by atoms with Crippen LogP contribution in [0.25, 0.3) is 0 Å². The largest absolute Gasteiger partial charge is 1.00 e. The number of nitrogens with zero attached hydrogens (tertiary/aromatic N) is 2. The Kier molecular flexibility index (Phi) is 16.0. The Balaban J connectivity index is -0.000000401. The van der Waals surface area contributed by atoms with E-state index in [2.05, 4.69) is 10.2 Å². The third-order valence-corrected chi connectivity index (χ3v) is 1.52. The molecule has 0 unspecified atom stereocenters. The van der Waals surface area contributed by atoms with Gasteiger partial charge in [-0.3, -0.25) is 0 Å². The van der Waals surface area contributed by atoms with Crippen LogP contribution in [0.3, 0.4) is 0 Å². The Morgan fingerprint density at radius 3 is 1.36 bits per heavy atom. The van der Waals surface area contributed by atoms with E-state index in [-0.39, 0.29) is 40.5 Å². The molecule has 0 bridgehead atoms. The van der Waals surface area contributed by atoms with Crippen molar-refractivity contribution in [2.24, 2.45) is 10.2 Å². The van der Waals surface area contributed by atoms with Gasteiger partial charge in [0.15, 0.2) is 0 Å². The van der Waals surface area contributed by atoms with E-state index in [0.717, 1.165) is 0 Å². The monoisotopic (exact) mass is 346 g/mol. The van der Waals surface area contributed by atoms with Gasteiger partial charge in [-0.25, -0.2) is 18.6 Å². The first-order valence-corrected chi connectivity index (χ1v) is 5.94. The molecule has 4 N–H and O–H groups in total. The molecule has 0 aliphatic carbocycles. The maximum Gasteiger partial charge on any atom is 1.00 e. The molecule has 2 heterocycles. The number of hydrogen-bond donors (Lipinski definition) is 0. The zero-order chi connectivity index (χ0) is 14.1. The van der Waals surface area contributed by atoms with Crippen molar-refractivity contribution in [2.45, 2.75) is 0 Å². The molecule has 0 aromatic carbocycles. The van der Waals surface area contributed by atoms with Crippen molar-refractivity contribution in [3.05, 3.63) is 48.3 Å². The molecule has 0 aliphatic rings. The Hall–Kier alpha value is -1.05. The van der Waals surface area contributed by atoms with E-state index in [9.17, 15) is 0 Å². The van der Waals surface area contributed by atoms with E-state index >= 15 is 0 Å². The summed E-state index contributed by atoms with van der Waals surface area (Å²) in [6, 6.07) is 7.17. The van der Waals surface area contributed by atoms with Crippen LogP contribution < -0.4 is 48.2 Å². The van der Waals surface area contributed by atoms with Crippen molar-refractivity contribution in [3.63, 3.8) is 0 Å². The molecule has 0 radical (unpaired) electrons. The average molecular weight is 347 g/mol. The molecular weight excluding hydrogens is 335 g/mol. The second-order valence-electron chi connectivity index (χ2n) is 2.90. The molecule has 0 saturated carbocycles. The van der Waals surface area contributed by atoms with E-state index in [4.69, 9.17) is 27.5 Å². The predicted molar refractivity (Wildman–Crippen MR) is 59.8 cm³/mol. The smallest absolute Gasteiger partial charge is 0.463 e. The first-order chi connectivity index (χ1) is 8.95. The van der Waals surface area contributed by atoms with E-state index in [1.807, 2.05) is 0 Å². The summed E-state index contributed by atoms with van der Waals surface area (Å²) in [5.41, 5.74) is 0. The fourth-order valence-electron chi connectivity index (χ4n) is 0.910. The predicted octanol–water partition coefficient (Wildman–Crippen LogP) is -7.08. The molecule has 0 spiro atoms. The molecule has 10 nitrogen and oxygen atoms in total. The molecule has 0 atom stereocenters. The Bertz CT molecular complexity index is 461. The van der Waals surface area contributed by atoms with Crippen LogP contribution >= 0.6 is 0 Å². The second-order valence-corrected chi connectivity index (χ2v) is 3.65. The molecule has 12 heteroatoms. The van der Waals surface area contributed by atoms with Crippen LogP contribution in [0.2, 0.25) is 0 Å². The van der Waals surface area contributed by atoms with Crippen molar-refractivity contribution in [3.8, 4) is 0 Å². The fourth-order valence-corrected chi connectivity index (χ4v) is 0.910. The summed E-state index contributed by atoms with van der Waals surface area (Å²) in [5.74, 6) is 1.34. The first-order valence-electron chi connectivity index (χ1n) is 4.70. The van der Waals surface area contributed by atoms with Gasteiger partial charge in [0.1, 0.15) is 11.5 Å². The van der Waals surface area contributed by atoms with Crippen LogP contribution in [-0.2, 0) is 0 Å². The summed E-state index contributed by atoms with van der Waals surface area (Å²) in [4.78, 5) is 0. The molecule has 118 valence electrons. The Labute approximate surface area is 149 Å². The van der Waals surface area contributed by atoms with Gasteiger partial charge in [0, 0.05) is 0 Å². The zero-order valence-corrected chi connectivity index (χ0v) is 14.1. The minimum Gasteiger partial charge on any atom is -0.463 e. The number of furan rings is 2. The fraction of sp³-hybridized carbons (Fsp3) is 0. The number of hydrogen-bond acceptors (Lipinski definition) is 8. The Morgan fingerprint density at radius 2 is 1.14 bits per heavy atom. The first kappa shape index (κ1) is 25.9. The van der Waals surface area contributed by atoms with Gasteiger partial charge in [-0.1, -0.05) is 0 Å². The Morgan fingerprint density at radius 1 is 0.818 bits per heavy atom. The third kappa shape index (κ3) is 15.3. The summed E-state index contributed by atoms with van der Waals surface area (Å²) in [6.07, 6.45) is 6.22. The minimum absolute atomic E-state index is 0. The van der Waals surface area contributed by atoms with Gasteiger partial charge in [-0.15, -0.1) is 10.2 Å². The minimum atomic E-state index is -4.94. The average Bonchev–Trinajstić information content (AvgIpc) is 2.95. The zero-order valence-electron chi connectivity index (χ0n) is 11.3. The van der Waals surface area contributed by atoms with Gasteiger partial charge in [0.25, 0.3) is 0 Å². The maximum absolute atomic E-state index is 8.49. The SMILES string of the molecule is C(=N\N=C\c1ccco1)/c1ccco1.O.O.[Na+].[O-][Cl+3]([O-])([O-])[O-]. The second kappa shape index (κ2) is 13.6. The molecular formula is C10H12ClN2NaO8. The molecule has 22 heavy (non-hydrogen) atoms. The van der Waals surface area contributed by atoms with Crippen LogP contribution in [-0.4, -0.2) is 23.4 Å². The maximum atomic E-state index is 8.49. The van der Waals surface area contributed by atoms with Crippen molar-refractivity contribution in [2.75, 3.05) is 0 Å². The summed E-state index contributed by atoms with van der Waals surface area (Å²) in [6.45, 7) is 0. The van der Waals surface area contributed by atoms with Crippen LogP contribution in [0.1, 0.15) is 11.5 Å². The summed E-state index contributed by atoms with van der Waals surface area (Å²) in [5, 5.41) is 7.56. The molecule has 2 aromatic heterocycles. The topological polar surface area (TPSA) is 206 Å². The van der Waals surface area contributed by atoms with Crippen LogP contribution in [0.15, 0.2) is 55.8 Å². The van der Waals surface area contributed by atoms with Crippen molar-refractivity contribution in [1.82, 2.24) is 0 Å². The van der Waals surface area contributed by atoms with Gasteiger partial charge in [-0.05, 0) is 24.3 Å². The summed E-state index contributed by atoms with van der Waals surface area (Å²) < 4.78 is 44.0. The molecule has 0 aliphatic heterocycles. The van der Waals surface area contributed by atoms with E-state index < -0.39 is 10.2 Å². The van der Waals surface area contributed by atoms with Crippen molar-refractivity contribution >= 4 is 12.4 Å². The van der Waals surface area contributed by atoms with Gasteiger partial charge in [-0.2, -0.15) is 10.2 Å². The van der Waals surface area contributed by atoms with E-state index in [1.54, 1.807) is 36.8 Å². The summed E-state index contributed by atoms with van der Waals surface area (Å²) >= 11 is 0. The van der Waals surface area contributed by atoms with Gasteiger partial charge in [0.2, 0.25) is 0 Å². The van der Waals surface area contributed by atoms with Crippen LogP contribution in [0, 0.1) is 10.2 Å². The van der Waals surface area contributed by atoms with Gasteiger partial charge in [0.05, 0.1) is 25.0 Å².